The Morgan fingerprint density at radius 2 is 2.00 bits per heavy atom. The van der Waals surface area contributed by atoms with E-state index in [1.807, 2.05) is 0 Å². The minimum atomic E-state index is -0.668. The largest absolute Gasteiger partial charge is 0.511 e. The Hall–Kier alpha value is -2.70. The van der Waals surface area contributed by atoms with E-state index in [1.54, 1.807) is 0 Å². The molecule has 1 fully saturated rings. The zero-order chi connectivity index (χ0) is 18.1. The molecule has 0 spiro atoms. The van der Waals surface area contributed by atoms with Gasteiger partial charge in [-0.2, -0.15) is 0 Å². The van der Waals surface area contributed by atoms with E-state index in [2.05, 4.69) is 0 Å². The normalized spacial score (nSPS) is 28.4. The molecule has 0 bridgehead atoms. The molecule has 0 saturated heterocycles. The van der Waals surface area contributed by atoms with Gasteiger partial charge in [-0.05, 0) is 24.3 Å². The number of nitro groups is 1. The highest BCUT2D eigenvalue weighted by Crippen LogP contribution is 2.52. The van der Waals surface area contributed by atoms with Gasteiger partial charge in [-0.3, -0.25) is 10.1 Å². The lowest BCUT2D eigenvalue weighted by atomic mass is 9.65. The lowest BCUT2D eigenvalue weighted by Crippen LogP contribution is -2.37. The minimum Gasteiger partial charge on any atom is -0.511 e. The Kier molecular flexibility index (Phi) is 4.57. The Labute approximate surface area is 144 Å². The zero-order valence-electron chi connectivity index (χ0n) is 13.8. The average Bonchev–Trinajstić information content (AvgIpc) is 3.11. The number of aliphatic hydroxyl groups excluding tert-OH is 1. The molecule has 2 aliphatic carbocycles. The van der Waals surface area contributed by atoms with Gasteiger partial charge in [0.05, 0.1) is 17.6 Å². The molecule has 1 aromatic rings. The van der Waals surface area contributed by atoms with Crippen LogP contribution in [0.15, 0.2) is 35.6 Å². The van der Waals surface area contributed by atoms with Crippen molar-refractivity contribution in [2.24, 2.45) is 17.8 Å². The van der Waals surface area contributed by atoms with Crippen LogP contribution in [0.4, 0.5) is 5.69 Å². The number of aldehydes is 1. The molecule has 0 radical (unpaired) electrons. The van der Waals surface area contributed by atoms with Gasteiger partial charge in [0.2, 0.25) is 0 Å². The van der Waals surface area contributed by atoms with Crippen LogP contribution >= 0.6 is 0 Å². The van der Waals surface area contributed by atoms with Crippen LogP contribution in [0.1, 0.15) is 30.7 Å². The Balaban J connectivity index is 2.13. The second kappa shape index (κ2) is 6.66. The summed E-state index contributed by atoms with van der Waals surface area (Å²) in [6.45, 7) is 0. The first-order chi connectivity index (χ1) is 12.0. The fourth-order valence-corrected chi connectivity index (χ4v) is 4.30. The molecule has 1 aromatic carbocycles. The molecule has 0 aromatic heterocycles. The fraction of sp³-hybridized carbons (Fsp3) is 0.444. The van der Waals surface area contributed by atoms with Gasteiger partial charge in [0.1, 0.15) is 12.0 Å². The minimum absolute atomic E-state index is 0.00389. The van der Waals surface area contributed by atoms with E-state index >= 15 is 0 Å². The molecule has 132 valence electrons. The molecule has 1 unspecified atom stereocenters. The van der Waals surface area contributed by atoms with E-state index in [9.17, 15) is 24.8 Å². The number of hydrogen-bond acceptors (Lipinski definition) is 6. The van der Waals surface area contributed by atoms with Crippen LogP contribution in [0.3, 0.4) is 0 Å². The first kappa shape index (κ1) is 17.1. The SMILES string of the molecule is COC(=O)C1=C(O)[C@@H]2CCC[C@@H]2C(C=O)[C@H]1c1ccc([N+](=O)[O-])cc1. The molecule has 0 aliphatic heterocycles. The third-order valence-corrected chi connectivity index (χ3v) is 5.41. The number of carbonyl (C=O) groups is 2. The van der Waals surface area contributed by atoms with Gasteiger partial charge in [0, 0.05) is 29.9 Å². The van der Waals surface area contributed by atoms with E-state index in [0.29, 0.717) is 5.56 Å². The number of carbonyl (C=O) groups excluding carboxylic acids is 2. The number of fused-ring (bicyclic) bond motifs is 1. The summed E-state index contributed by atoms with van der Waals surface area (Å²) in [5.74, 6) is -2.05. The van der Waals surface area contributed by atoms with Crippen LogP contribution in [0.25, 0.3) is 0 Å². The third-order valence-electron chi connectivity index (χ3n) is 5.41. The summed E-state index contributed by atoms with van der Waals surface area (Å²) in [5.41, 5.74) is 0.602. The second-order valence-corrected chi connectivity index (χ2v) is 6.53. The number of nitrogens with zero attached hydrogens (tertiary/aromatic N) is 1. The first-order valence-electron chi connectivity index (χ1n) is 8.20. The van der Waals surface area contributed by atoms with Crippen LogP contribution in [0, 0.1) is 27.9 Å². The smallest absolute Gasteiger partial charge is 0.337 e. The number of benzene rings is 1. The Bertz CT molecular complexity index is 738. The molecule has 4 atom stereocenters. The zero-order valence-corrected chi connectivity index (χ0v) is 13.8. The van der Waals surface area contributed by atoms with Crippen molar-refractivity contribution in [2.75, 3.05) is 7.11 Å². The maximum absolute atomic E-state index is 12.3. The molecule has 1 N–H and O–H groups in total. The van der Waals surface area contributed by atoms with Crippen LogP contribution in [0.5, 0.6) is 0 Å². The van der Waals surface area contributed by atoms with E-state index in [4.69, 9.17) is 4.74 Å². The number of hydrogen-bond donors (Lipinski definition) is 1. The lowest BCUT2D eigenvalue weighted by molar-refractivity contribution is -0.384. The van der Waals surface area contributed by atoms with Gasteiger partial charge in [-0.15, -0.1) is 0 Å². The number of rotatable bonds is 4. The quantitative estimate of drug-likeness (QED) is 0.389. The number of allylic oxidation sites excluding steroid dienone is 1. The van der Waals surface area contributed by atoms with Gasteiger partial charge >= 0.3 is 5.97 Å². The second-order valence-electron chi connectivity index (χ2n) is 6.53. The third kappa shape index (κ3) is 2.79. The first-order valence-corrected chi connectivity index (χ1v) is 8.20. The predicted octanol–water partition coefficient (Wildman–Crippen LogP) is 2.91. The molecule has 0 heterocycles. The van der Waals surface area contributed by atoms with Crippen molar-refractivity contribution in [1.29, 1.82) is 0 Å². The van der Waals surface area contributed by atoms with Crippen molar-refractivity contribution < 1.29 is 24.4 Å². The summed E-state index contributed by atoms with van der Waals surface area (Å²) in [4.78, 5) is 34.5. The molecule has 1 saturated carbocycles. The van der Waals surface area contributed by atoms with Crippen molar-refractivity contribution in [2.45, 2.75) is 25.2 Å². The molecular formula is C18H19NO6. The molecule has 7 nitrogen and oxygen atoms in total. The van der Waals surface area contributed by atoms with E-state index in [0.717, 1.165) is 25.5 Å². The molecule has 2 aliphatic rings. The monoisotopic (exact) mass is 345 g/mol. The molecule has 25 heavy (non-hydrogen) atoms. The van der Waals surface area contributed by atoms with Gasteiger partial charge in [0.25, 0.3) is 5.69 Å². The van der Waals surface area contributed by atoms with Crippen LogP contribution in [0.2, 0.25) is 0 Å². The highest BCUT2D eigenvalue weighted by Gasteiger charge is 2.49. The Morgan fingerprint density at radius 1 is 1.32 bits per heavy atom. The van der Waals surface area contributed by atoms with Crippen LogP contribution < -0.4 is 0 Å². The summed E-state index contributed by atoms with van der Waals surface area (Å²) in [6.07, 6.45) is 3.25. The van der Waals surface area contributed by atoms with Crippen molar-refractivity contribution in [3.63, 3.8) is 0 Å². The molecule has 3 rings (SSSR count). The van der Waals surface area contributed by atoms with Crippen molar-refractivity contribution in [3.8, 4) is 0 Å². The predicted molar refractivity (Wildman–Crippen MR) is 87.9 cm³/mol. The highest BCUT2D eigenvalue weighted by molar-refractivity contribution is 5.92. The van der Waals surface area contributed by atoms with E-state index in [-0.39, 0.29) is 28.9 Å². The van der Waals surface area contributed by atoms with Crippen LogP contribution in [-0.4, -0.2) is 29.4 Å². The number of aliphatic hydroxyl groups is 1. The molecular weight excluding hydrogens is 326 g/mol. The summed E-state index contributed by atoms with van der Waals surface area (Å²) in [6, 6.07) is 5.74. The van der Waals surface area contributed by atoms with Crippen molar-refractivity contribution in [1.82, 2.24) is 0 Å². The van der Waals surface area contributed by atoms with Gasteiger partial charge < -0.3 is 14.6 Å². The maximum atomic E-state index is 12.3. The lowest BCUT2D eigenvalue weighted by Gasteiger charge is -2.38. The van der Waals surface area contributed by atoms with Crippen LogP contribution in [-0.2, 0) is 14.3 Å². The number of ether oxygens (including phenoxy) is 1. The standard InChI is InChI=1S/C18H19NO6/c1-25-18(22)16-15(10-5-7-11(8-6-10)19(23)24)14(9-20)12-3-2-4-13(12)17(16)21/h5-9,12-15,21H,2-4H2,1H3/t12-,13+,14?,15+/m0/s1. The average molecular weight is 345 g/mol. The molecule has 7 heteroatoms. The van der Waals surface area contributed by atoms with Gasteiger partial charge in [-0.25, -0.2) is 4.79 Å². The van der Waals surface area contributed by atoms with E-state index < -0.39 is 22.7 Å². The number of methoxy groups -OCH3 is 1. The number of non-ortho nitro benzene ring substituents is 1. The van der Waals surface area contributed by atoms with Crippen molar-refractivity contribution in [3.05, 3.63) is 51.3 Å². The van der Waals surface area contributed by atoms with E-state index in [1.165, 1.54) is 31.4 Å². The summed E-state index contributed by atoms with van der Waals surface area (Å²) in [7, 11) is 1.23. The summed E-state index contributed by atoms with van der Waals surface area (Å²) in [5, 5.41) is 21.5. The number of esters is 1. The van der Waals surface area contributed by atoms with Gasteiger partial charge in [0.15, 0.2) is 0 Å². The highest BCUT2D eigenvalue weighted by atomic mass is 16.6. The Morgan fingerprint density at radius 3 is 2.56 bits per heavy atom. The number of nitro benzene ring substituents is 1. The molecule has 0 amide bonds. The summed E-state index contributed by atoms with van der Waals surface area (Å²) < 4.78 is 4.83. The maximum Gasteiger partial charge on any atom is 0.337 e. The fourth-order valence-electron chi connectivity index (χ4n) is 4.30. The van der Waals surface area contributed by atoms with Gasteiger partial charge in [-0.1, -0.05) is 18.6 Å². The summed E-state index contributed by atoms with van der Waals surface area (Å²) >= 11 is 0. The van der Waals surface area contributed by atoms with Crippen molar-refractivity contribution >= 4 is 17.9 Å². The topological polar surface area (TPSA) is 107 Å².